The van der Waals surface area contributed by atoms with Gasteiger partial charge in [0.15, 0.2) is 6.61 Å². The van der Waals surface area contributed by atoms with Gasteiger partial charge < -0.3 is 10.1 Å². The van der Waals surface area contributed by atoms with Crippen molar-refractivity contribution in [1.29, 1.82) is 0 Å². The number of hydrogen-bond donors (Lipinski definition) is 2. The van der Waals surface area contributed by atoms with Crippen molar-refractivity contribution >= 4 is 28.6 Å². The molecule has 36 heavy (non-hydrogen) atoms. The number of rotatable bonds is 6. The topological polar surface area (TPSA) is 109 Å². The minimum Gasteiger partial charge on any atom is -0.452 e. The van der Waals surface area contributed by atoms with E-state index in [0.29, 0.717) is 29.2 Å². The molecule has 1 amide bonds. The van der Waals surface area contributed by atoms with Crippen molar-refractivity contribution in [2.24, 2.45) is 0 Å². The molecule has 0 radical (unpaired) electrons. The summed E-state index contributed by atoms with van der Waals surface area (Å²) in [6, 6.07) is 18.1. The minimum absolute atomic E-state index is 0.212. The molecule has 9 nitrogen and oxygen atoms in total. The molecule has 0 atom stereocenters. The predicted octanol–water partition coefficient (Wildman–Crippen LogP) is 3.28. The first-order valence-corrected chi connectivity index (χ1v) is 11.9. The first-order valence-electron chi connectivity index (χ1n) is 11.9. The van der Waals surface area contributed by atoms with Crippen molar-refractivity contribution in [2.75, 3.05) is 18.5 Å². The van der Waals surface area contributed by atoms with Gasteiger partial charge >= 0.3 is 5.97 Å². The summed E-state index contributed by atoms with van der Waals surface area (Å²) in [6.45, 7) is 5.22. The normalized spacial score (nSPS) is 13.5. The number of nitrogens with one attached hydrogen (secondary N) is 2. The van der Waals surface area contributed by atoms with Crippen molar-refractivity contribution in [3.05, 3.63) is 87.8 Å². The van der Waals surface area contributed by atoms with Crippen LogP contribution in [0, 0.1) is 0 Å². The van der Waals surface area contributed by atoms with Crippen molar-refractivity contribution in [2.45, 2.75) is 32.9 Å². The Morgan fingerprint density at radius 3 is 2.64 bits per heavy atom. The number of aromatic nitrogens is 3. The smallest absolute Gasteiger partial charge is 0.339 e. The van der Waals surface area contributed by atoms with Gasteiger partial charge in [0.1, 0.15) is 5.82 Å². The summed E-state index contributed by atoms with van der Waals surface area (Å²) in [7, 11) is 0. The van der Waals surface area contributed by atoms with Crippen LogP contribution in [0.5, 0.6) is 0 Å². The summed E-state index contributed by atoms with van der Waals surface area (Å²) in [4.78, 5) is 45.2. The molecule has 9 heteroatoms. The van der Waals surface area contributed by atoms with E-state index in [4.69, 9.17) is 9.72 Å². The Morgan fingerprint density at radius 2 is 1.86 bits per heavy atom. The molecule has 0 aliphatic carbocycles. The molecule has 1 aliphatic heterocycles. The van der Waals surface area contributed by atoms with E-state index in [0.717, 1.165) is 29.7 Å². The average molecular weight is 486 g/mol. The first-order chi connectivity index (χ1) is 17.4. The maximum atomic E-state index is 13.3. The lowest BCUT2D eigenvalue weighted by atomic mass is 9.95. The summed E-state index contributed by atoms with van der Waals surface area (Å²) < 4.78 is 6.77. The molecule has 2 aromatic carbocycles. The monoisotopic (exact) mass is 485 g/mol. The summed E-state index contributed by atoms with van der Waals surface area (Å²) in [5.74, 6) is -0.911. The number of esters is 1. The second-order valence-corrected chi connectivity index (χ2v) is 9.05. The molecule has 0 fully saturated rings. The number of H-pyrrole nitrogens is 1. The van der Waals surface area contributed by atoms with Crippen LogP contribution in [0.15, 0.2) is 65.5 Å². The van der Waals surface area contributed by atoms with Gasteiger partial charge in [-0.15, -0.1) is 0 Å². The number of pyridine rings is 1. The standard InChI is InChI=1S/C27H27N5O4/c1-17(2)31-13-12-22-20(15-31)26(19-10-6-7-11-21(19)28-22)27(35)36-16-24(33)29-23-14-25(34)32(30-23)18-8-4-3-5-9-18/h3-11,14,17,30H,12-13,15-16H2,1-2H3,(H,29,33). The Morgan fingerprint density at radius 1 is 1.11 bits per heavy atom. The molecule has 0 bridgehead atoms. The van der Waals surface area contributed by atoms with Crippen molar-refractivity contribution in [1.82, 2.24) is 19.7 Å². The molecular formula is C27H27N5O4. The van der Waals surface area contributed by atoms with E-state index in [1.54, 1.807) is 12.1 Å². The van der Waals surface area contributed by atoms with E-state index in [-0.39, 0.29) is 11.4 Å². The van der Waals surface area contributed by atoms with Crippen LogP contribution in [0.2, 0.25) is 0 Å². The fraction of sp³-hybridized carbons (Fsp3) is 0.259. The highest BCUT2D eigenvalue weighted by Gasteiger charge is 2.28. The SMILES string of the molecule is CC(C)N1CCc2nc3ccccc3c(C(=O)OCC(=O)Nc3cc(=O)n(-c4ccccc4)[nH]3)c2C1. The van der Waals surface area contributed by atoms with Gasteiger partial charge in [0.05, 0.1) is 16.8 Å². The molecule has 0 unspecified atom stereocenters. The van der Waals surface area contributed by atoms with Crippen LogP contribution in [-0.4, -0.2) is 50.7 Å². The third-order valence-electron chi connectivity index (χ3n) is 6.35. The number of aromatic amines is 1. The summed E-state index contributed by atoms with van der Waals surface area (Å²) >= 11 is 0. The fourth-order valence-electron chi connectivity index (χ4n) is 4.50. The lowest BCUT2D eigenvalue weighted by molar-refractivity contribution is -0.119. The van der Waals surface area contributed by atoms with E-state index in [9.17, 15) is 14.4 Å². The lowest BCUT2D eigenvalue weighted by Crippen LogP contribution is -2.37. The Bertz CT molecular complexity index is 1490. The van der Waals surface area contributed by atoms with Gasteiger partial charge in [-0.25, -0.2) is 9.48 Å². The van der Waals surface area contributed by atoms with Gasteiger partial charge in [-0.05, 0) is 32.0 Å². The van der Waals surface area contributed by atoms with Gasteiger partial charge in [-0.3, -0.25) is 24.6 Å². The lowest BCUT2D eigenvalue weighted by Gasteiger charge is -2.32. The number of fused-ring (bicyclic) bond motifs is 2. The fourth-order valence-corrected chi connectivity index (χ4v) is 4.50. The average Bonchev–Trinajstić information content (AvgIpc) is 3.25. The summed E-state index contributed by atoms with van der Waals surface area (Å²) in [5.41, 5.74) is 3.24. The highest BCUT2D eigenvalue weighted by Crippen LogP contribution is 2.29. The Hall–Kier alpha value is -4.24. The molecule has 1 aliphatic rings. The zero-order valence-electron chi connectivity index (χ0n) is 20.2. The van der Waals surface area contributed by atoms with E-state index in [2.05, 4.69) is 29.2 Å². The number of carbonyl (C=O) groups excluding carboxylic acids is 2. The zero-order valence-corrected chi connectivity index (χ0v) is 20.2. The largest absolute Gasteiger partial charge is 0.452 e. The highest BCUT2D eigenvalue weighted by molar-refractivity contribution is 6.06. The Labute approximate surface area is 207 Å². The number of nitrogens with zero attached hydrogens (tertiary/aromatic N) is 3. The number of carbonyl (C=O) groups is 2. The quantitative estimate of drug-likeness (QED) is 0.406. The van der Waals surface area contributed by atoms with E-state index in [1.807, 2.05) is 42.5 Å². The molecule has 0 saturated carbocycles. The molecule has 2 aromatic heterocycles. The van der Waals surface area contributed by atoms with Crippen molar-refractivity contribution in [3.8, 4) is 5.69 Å². The summed E-state index contributed by atoms with van der Waals surface area (Å²) in [6.07, 6.45) is 0.741. The molecule has 4 aromatic rings. The van der Waals surface area contributed by atoms with Crippen LogP contribution in [-0.2, 0) is 22.5 Å². The van der Waals surface area contributed by atoms with Gasteiger partial charge in [0.25, 0.3) is 11.5 Å². The van der Waals surface area contributed by atoms with Gasteiger partial charge in [0, 0.05) is 48.3 Å². The third-order valence-corrected chi connectivity index (χ3v) is 6.35. The number of ether oxygens (including phenoxy) is 1. The van der Waals surface area contributed by atoms with E-state index < -0.39 is 18.5 Å². The molecule has 2 N–H and O–H groups in total. The maximum Gasteiger partial charge on any atom is 0.339 e. The van der Waals surface area contributed by atoms with Gasteiger partial charge in [-0.1, -0.05) is 36.4 Å². The molecular weight excluding hydrogens is 458 g/mol. The van der Waals surface area contributed by atoms with Crippen LogP contribution in [0.25, 0.3) is 16.6 Å². The number of amides is 1. The maximum absolute atomic E-state index is 13.3. The first kappa shape index (κ1) is 23.5. The van der Waals surface area contributed by atoms with Gasteiger partial charge in [0.2, 0.25) is 0 Å². The predicted molar refractivity (Wildman–Crippen MR) is 136 cm³/mol. The van der Waals surface area contributed by atoms with Crippen molar-refractivity contribution in [3.63, 3.8) is 0 Å². The Balaban J connectivity index is 1.34. The van der Waals surface area contributed by atoms with Crippen molar-refractivity contribution < 1.29 is 14.3 Å². The number of hydrogen-bond acceptors (Lipinski definition) is 6. The molecule has 5 rings (SSSR count). The summed E-state index contributed by atoms with van der Waals surface area (Å²) in [5, 5.41) is 6.14. The second-order valence-electron chi connectivity index (χ2n) is 9.05. The van der Waals surface area contributed by atoms with E-state index >= 15 is 0 Å². The van der Waals surface area contributed by atoms with Crippen LogP contribution in [0.4, 0.5) is 5.82 Å². The zero-order chi connectivity index (χ0) is 25.2. The number of benzene rings is 2. The number of para-hydroxylation sites is 2. The third kappa shape index (κ3) is 4.65. The van der Waals surface area contributed by atoms with Crippen LogP contribution in [0.3, 0.4) is 0 Å². The molecule has 0 spiro atoms. The Kier molecular flexibility index (Phi) is 6.39. The number of anilines is 1. The molecule has 0 saturated heterocycles. The molecule has 184 valence electrons. The van der Waals surface area contributed by atoms with Crippen LogP contribution >= 0.6 is 0 Å². The van der Waals surface area contributed by atoms with Crippen LogP contribution < -0.4 is 10.9 Å². The molecule has 3 heterocycles. The van der Waals surface area contributed by atoms with Crippen LogP contribution in [0.1, 0.15) is 35.5 Å². The minimum atomic E-state index is -0.569. The van der Waals surface area contributed by atoms with Gasteiger partial charge in [-0.2, -0.15) is 0 Å². The second kappa shape index (κ2) is 9.79. The van der Waals surface area contributed by atoms with E-state index in [1.165, 1.54) is 10.7 Å². The highest BCUT2D eigenvalue weighted by atomic mass is 16.5.